The third kappa shape index (κ3) is 5.46. The molecule has 0 aromatic heterocycles. The minimum absolute atomic E-state index is 0.111. The molecule has 2 rings (SSSR count). The first-order chi connectivity index (χ1) is 12.0. The molecule has 1 saturated heterocycles. The first-order valence-corrected chi connectivity index (χ1v) is 9.02. The number of rotatable bonds is 8. The third-order valence-corrected chi connectivity index (χ3v) is 4.73. The number of likely N-dealkylation sites (tertiary alicyclic amines) is 1. The Morgan fingerprint density at radius 2 is 1.92 bits per heavy atom. The van der Waals surface area contributed by atoms with Gasteiger partial charge in [-0.2, -0.15) is 0 Å². The van der Waals surface area contributed by atoms with E-state index in [0.29, 0.717) is 25.1 Å². The second-order valence-corrected chi connectivity index (χ2v) is 6.33. The van der Waals surface area contributed by atoms with Crippen molar-refractivity contribution < 1.29 is 19.4 Å². The van der Waals surface area contributed by atoms with Gasteiger partial charge in [0.25, 0.3) is 5.91 Å². The van der Waals surface area contributed by atoms with Crippen LogP contribution in [0.4, 0.5) is 0 Å². The SMILES string of the molecule is CCN(CC)CCOc1ccc(C(=O)N2CCCC(C(=O)O)C2)cc1. The largest absolute Gasteiger partial charge is 0.492 e. The molecule has 6 heteroatoms. The van der Waals surface area contributed by atoms with Crippen molar-refractivity contribution in [1.82, 2.24) is 9.80 Å². The number of piperidine rings is 1. The molecule has 0 bridgehead atoms. The number of carboxylic acids is 1. The Morgan fingerprint density at radius 3 is 2.52 bits per heavy atom. The van der Waals surface area contributed by atoms with Crippen molar-refractivity contribution in [3.63, 3.8) is 0 Å². The zero-order valence-electron chi connectivity index (χ0n) is 15.1. The minimum Gasteiger partial charge on any atom is -0.492 e. The zero-order valence-corrected chi connectivity index (χ0v) is 15.1. The quantitative estimate of drug-likeness (QED) is 0.781. The van der Waals surface area contributed by atoms with Crippen LogP contribution < -0.4 is 4.74 Å². The Labute approximate surface area is 149 Å². The molecule has 138 valence electrons. The minimum atomic E-state index is -0.825. The maximum absolute atomic E-state index is 12.5. The predicted octanol–water partition coefficient (Wildman–Crippen LogP) is 2.34. The summed E-state index contributed by atoms with van der Waals surface area (Å²) in [6, 6.07) is 7.10. The Morgan fingerprint density at radius 1 is 1.24 bits per heavy atom. The normalized spacial score (nSPS) is 17.6. The van der Waals surface area contributed by atoms with E-state index in [4.69, 9.17) is 9.84 Å². The second kappa shape index (κ2) is 9.42. The second-order valence-electron chi connectivity index (χ2n) is 6.33. The highest BCUT2D eigenvalue weighted by atomic mass is 16.5. The van der Waals surface area contributed by atoms with Gasteiger partial charge < -0.3 is 19.6 Å². The summed E-state index contributed by atoms with van der Waals surface area (Å²) < 4.78 is 5.72. The predicted molar refractivity (Wildman–Crippen MR) is 96.0 cm³/mol. The van der Waals surface area contributed by atoms with E-state index in [1.807, 2.05) is 0 Å². The lowest BCUT2D eigenvalue weighted by Gasteiger charge is -2.30. The van der Waals surface area contributed by atoms with E-state index in [1.165, 1.54) is 0 Å². The van der Waals surface area contributed by atoms with E-state index in [2.05, 4.69) is 18.7 Å². The number of carbonyl (C=O) groups is 2. The molecule has 6 nitrogen and oxygen atoms in total. The average Bonchev–Trinajstić information content (AvgIpc) is 2.65. The summed E-state index contributed by atoms with van der Waals surface area (Å²) in [5.74, 6) is -0.652. The van der Waals surface area contributed by atoms with Crippen LogP contribution >= 0.6 is 0 Å². The molecule has 1 amide bonds. The Hall–Kier alpha value is -2.08. The van der Waals surface area contributed by atoms with Crippen molar-refractivity contribution in [2.45, 2.75) is 26.7 Å². The van der Waals surface area contributed by atoms with Crippen molar-refractivity contribution in [3.05, 3.63) is 29.8 Å². The van der Waals surface area contributed by atoms with E-state index in [0.717, 1.165) is 31.8 Å². The number of likely N-dealkylation sites (N-methyl/N-ethyl adjacent to an activating group) is 1. The van der Waals surface area contributed by atoms with Crippen LogP contribution in [0.5, 0.6) is 5.75 Å². The van der Waals surface area contributed by atoms with Crippen molar-refractivity contribution in [2.75, 3.05) is 39.3 Å². The average molecular weight is 348 g/mol. The van der Waals surface area contributed by atoms with Gasteiger partial charge in [0.2, 0.25) is 0 Å². The van der Waals surface area contributed by atoms with Crippen molar-refractivity contribution in [1.29, 1.82) is 0 Å². The Bertz CT molecular complexity index is 569. The first kappa shape index (κ1) is 19.2. The lowest BCUT2D eigenvalue weighted by atomic mass is 9.97. The molecule has 0 radical (unpaired) electrons. The molecule has 1 aliphatic rings. The van der Waals surface area contributed by atoms with Gasteiger partial charge in [0.1, 0.15) is 12.4 Å². The van der Waals surface area contributed by atoms with Gasteiger partial charge in [0.15, 0.2) is 0 Å². The maximum atomic E-state index is 12.5. The first-order valence-electron chi connectivity index (χ1n) is 9.02. The van der Waals surface area contributed by atoms with Crippen LogP contribution in [-0.4, -0.2) is 66.1 Å². The van der Waals surface area contributed by atoms with Gasteiger partial charge in [0.05, 0.1) is 5.92 Å². The highest BCUT2D eigenvalue weighted by Gasteiger charge is 2.28. The number of nitrogens with zero attached hydrogens (tertiary/aromatic N) is 2. The van der Waals surface area contributed by atoms with Crippen LogP contribution in [0.2, 0.25) is 0 Å². The summed E-state index contributed by atoms with van der Waals surface area (Å²) in [7, 11) is 0. The topological polar surface area (TPSA) is 70.1 Å². The summed E-state index contributed by atoms with van der Waals surface area (Å²) in [5, 5.41) is 9.14. The van der Waals surface area contributed by atoms with Crippen molar-refractivity contribution >= 4 is 11.9 Å². The fraction of sp³-hybridized carbons (Fsp3) is 0.579. The monoisotopic (exact) mass is 348 g/mol. The van der Waals surface area contributed by atoms with Crippen LogP contribution in [0.15, 0.2) is 24.3 Å². The summed E-state index contributed by atoms with van der Waals surface area (Å²) in [6.45, 7) is 8.64. The van der Waals surface area contributed by atoms with Gasteiger partial charge >= 0.3 is 5.97 Å². The fourth-order valence-electron chi connectivity index (χ4n) is 3.07. The number of aliphatic carboxylic acids is 1. The molecular formula is C19H28N2O4. The molecule has 1 heterocycles. The molecule has 1 aromatic rings. The molecule has 1 N–H and O–H groups in total. The number of hydrogen-bond acceptors (Lipinski definition) is 4. The number of carboxylic acid groups (broad SMARTS) is 1. The standard InChI is InChI=1S/C19H28N2O4/c1-3-20(4-2)12-13-25-17-9-7-15(8-10-17)18(22)21-11-5-6-16(14-21)19(23)24/h7-10,16H,3-6,11-14H2,1-2H3,(H,23,24). The summed E-state index contributed by atoms with van der Waals surface area (Å²) >= 11 is 0. The highest BCUT2D eigenvalue weighted by molar-refractivity contribution is 5.94. The number of hydrogen-bond donors (Lipinski definition) is 1. The van der Waals surface area contributed by atoms with E-state index in [9.17, 15) is 9.59 Å². The molecule has 1 unspecified atom stereocenters. The van der Waals surface area contributed by atoms with Gasteiger partial charge in [-0.15, -0.1) is 0 Å². The summed E-state index contributed by atoms with van der Waals surface area (Å²) in [5.41, 5.74) is 0.571. The van der Waals surface area contributed by atoms with Gasteiger partial charge in [-0.25, -0.2) is 0 Å². The molecule has 0 spiro atoms. The van der Waals surface area contributed by atoms with Crippen LogP contribution in [0.25, 0.3) is 0 Å². The molecule has 0 aliphatic carbocycles. The van der Waals surface area contributed by atoms with Crippen LogP contribution in [-0.2, 0) is 4.79 Å². The lowest BCUT2D eigenvalue weighted by Crippen LogP contribution is -2.42. The fourth-order valence-corrected chi connectivity index (χ4v) is 3.07. The van der Waals surface area contributed by atoms with Crippen LogP contribution in [0.3, 0.4) is 0 Å². The Balaban J connectivity index is 1.88. The van der Waals surface area contributed by atoms with E-state index in [-0.39, 0.29) is 12.5 Å². The van der Waals surface area contributed by atoms with Crippen LogP contribution in [0, 0.1) is 5.92 Å². The van der Waals surface area contributed by atoms with Gasteiger partial charge in [0, 0.05) is 25.2 Å². The van der Waals surface area contributed by atoms with E-state index in [1.54, 1.807) is 29.2 Å². The van der Waals surface area contributed by atoms with Crippen molar-refractivity contribution in [2.24, 2.45) is 5.92 Å². The Kier molecular flexibility index (Phi) is 7.25. The smallest absolute Gasteiger partial charge is 0.308 e. The molecular weight excluding hydrogens is 320 g/mol. The molecule has 1 fully saturated rings. The number of benzene rings is 1. The maximum Gasteiger partial charge on any atom is 0.308 e. The molecule has 25 heavy (non-hydrogen) atoms. The molecule has 1 aromatic carbocycles. The third-order valence-electron chi connectivity index (χ3n) is 4.73. The van der Waals surface area contributed by atoms with Gasteiger partial charge in [-0.3, -0.25) is 9.59 Å². The van der Waals surface area contributed by atoms with Crippen LogP contribution in [0.1, 0.15) is 37.0 Å². The van der Waals surface area contributed by atoms with Crippen molar-refractivity contribution in [3.8, 4) is 5.75 Å². The number of carbonyl (C=O) groups excluding carboxylic acids is 1. The summed E-state index contributed by atoms with van der Waals surface area (Å²) in [4.78, 5) is 27.6. The number of ether oxygens (including phenoxy) is 1. The number of amides is 1. The van der Waals surface area contributed by atoms with E-state index >= 15 is 0 Å². The summed E-state index contributed by atoms with van der Waals surface area (Å²) in [6.07, 6.45) is 1.37. The molecule has 1 aliphatic heterocycles. The van der Waals surface area contributed by atoms with Gasteiger partial charge in [-0.1, -0.05) is 13.8 Å². The lowest BCUT2D eigenvalue weighted by molar-refractivity contribution is -0.143. The van der Waals surface area contributed by atoms with Gasteiger partial charge in [-0.05, 0) is 50.2 Å². The molecule has 0 saturated carbocycles. The molecule has 1 atom stereocenters. The van der Waals surface area contributed by atoms with E-state index < -0.39 is 11.9 Å². The highest BCUT2D eigenvalue weighted by Crippen LogP contribution is 2.20. The zero-order chi connectivity index (χ0) is 18.2.